The van der Waals surface area contributed by atoms with Crippen molar-refractivity contribution in [1.29, 1.82) is 5.26 Å². The molecule has 1 atom stereocenters. The molecule has 6 heteroatoms. The summed E-state index contributed by atoms with van der Waals surface area (Å²) in [6.07, 6.45) is -1.02. The summed E-state index contributed by atoms with van der Waals surface area (Å²) >= 11 is 1.20. The third kappa shape index (κ3) is 2.65. The number of thiazole rings is 1. The minimum atomic E-state index is -1.02. The molecule has 14 heavy (non-hydrogen) atoms. The van der Waals surface area contributed by atoms with E-state index in [1.54, 1.807) is 6.92 Å². The quantitative estimate of drug-likeness (QED) is 0.788. The van der Waals surface area contributed by atoms with Crippen LogP contribution in [0.2, 0.25) is 0 Å². The molecule has 0 aliphatic heterocycles. The molecule has 1 rings (SSSR count). The first-order valence-electron chi connectivity index (χ1n) is 4.02. The number of anilines is 1. The van der Waals surface area contributed by atoms with Crippen LogP contribution in [-0.4, -0.2) is 29.4 Å². The molecule has 1 unspecified atom stereocenters. The van der Waals surface area contributed by atoms with Crippen molar-refractivity contribution in [3.05, 3.63) is 10.6 Å². The normalized spacial score (nSPS) is 12.1. The Kier molecular flexibility index (Phi) is 3.80. The molecule has 76 valence electrons. The van der Waals surface area contributed by atoms with Gasteiger partial charge in [-0.2, -0.15) is 5.26 Å². The van der Waals surface area contributed by atoms with Gasteiger partial charge in [-0.05, 0) is 6.92 Å². The number of hydrogen-bond donors (Lipinski definition) is 2. The topological polar surface area (TPSA) is 68.9 Å². The summed E-state index contributed by atoms with van der Waals surface area (Å²) in [5.41, 5.74) is 0.648. The Bertz CT molecular complexity index is 347. The maximum Gasteiger partial charge on any atom is 0.184 e. The van der Waals surface area contributed by atoms with Gasteiger partial charge in [0.05, 0.1) is 11.8 Å². The molecule has 1 heterocycles. The van der Waals surface area contributed by atoms with Gasteiger partial charge in [0.1, 0.15) is 17.6 Å². The van der Waals surface area contributed by atoms with Gasteiger partial charge in [0.2, 0.25) is 0 Å². The zero-order valence-electron chi connectivity index (χ0n) is 7.62. The maximum absolute atomic E-state index is 11.9. The van der Waals surface area contributed by atoms with E-state index in [4.69, 9.17) is 10.4 Å². The maximum atomic E-state index is 11.9. The van der Waals surface area contributed by atoms with Gasteiger partial charge in [-0.3, -0.25) is 0 Å². The zero-order chi connectivity index (χ0) is 10.6. The van der Waals surface area contributed by atoms with Crippen molar-refractivity contribution in [2.45, 2.75) is 13.0 Å². The number of aryl methyl sites for hydroxylation is 1. The fourth-order valence-corrected chi connectivity index (χ4v) is 1.61. The van der Waals surface area contributed by atoms with Crippen molar-refractivity contribution in [1.82, 2.24) is 4.98 Å². The Balaban J connectivity index is 2.56. The lowest BCUT2D eigenvalue weighted by Crippen LogP contribution is -2.21. The van der Waals surface area contributed by atoms with E-state index >= 15 is 0 Å². The van der Waals surface area contributed by atoms with Crippen molar-refractivity contribution in [2.75, 3.05) is 18.5 Å². The van der Waals surface area contributed by atoms with Crippen LogP contribution in [0.4, 0.5) is 9.52 Å². The number of halogens is 1. The van der Waals surface area contributed by atoms with Crippen molar-refractivity contribution < 1.29 is 9.50 Å². The van der Waals surface area contributed by atoms with Gasteiger partial charge in [0.15, 0.2) is 5.13 Å². The van der Waals surface area contributed by atoms with Crippen LogP contribution in [0.1, 0.15) is 10.6 Å². The van der Waals surface area contributed by atoms with Crippen LogP contribution in [0, 0.1) is 18.3 Å². The van der Waals surface area contributed by atoms with Gasteiger partial charge in [-0.1, -0.05) is 11.3 Å². The third-order valence-electron chi connectivity index (χ3n) is 1.57. The predicted octanol–water partition coefficient (Wildman–Crippen LogP) is 1.07. The molecule has 0 amide bonds. The second-order valence-electron chi connectivity index (χ2n) is 2.73. The summed E-state index contributed by atoms with van der Waals surface area (Å²) in [6.45, 7) is 1.04. The Labute approximate surface area is 85.0 Å². The van der Waals surface area contributed by atoms with E-state index in [1.807, 2.05) is 6.07 Å². The Morgan fingerprint density at radius 1 is 1.79 bits per heavy atom. The van der Waals surface area contributed by atoms with Gasteiger partial charge in [-0.25, -0.2) is 9.37 Å². The summed E-state index contributed by atoms with van der Waals surface area (Å²) in [5.74, 6) is 0. The molecule has 0 aliphatic rings. The molecular weight excluding hydrogens is 205 g/mol. The highest BCUT2D eigenvalue weighted by Gasteiger charge is 2.08. The summed E-state index contributed by atoms with van der Waals surface area (Å²) in [6, 6.07) is 2.00. The predicted molar refractivity (Wildman–Crippen MR) is 52.0 cm³/mol. The van der Waals surface area contributed by atoms with E-state index < -0.39 is 12.8 Å². The molecule has 0 fully saturated rings. The van der Waals surface area contributed by atoms with E-state index in [-0.39, 0.29) is 6.54 Å². The number of aliphatic hydroxyl groups is 1. The number of alkyl halides is 1. The molecule has 0 spiro atoms. The first kappa shape index (κ1) is 10.9. The van der Waals surface area contributed by atoms with Gasteiger partial charge in [0.25, 0.3) is 0 Å². The van der Waals surface area contributed by atoms with E-state index in [0.29, 0.717) is 15.7 Å². The fourth-order valence-electron chi connectivity index (χ4n) is 0.835. The summed E-state index contributed by atoms with van der Waals surface area (Å²) in [7, 11) is 0. The average Bonchev–Trinajstić information content (AvgIpc) is 2.55. The van der Waals surface area contributed by atoms with Crippen LogP contribution in [0.5, 0.6) is 0 Å². The summed E-state index contributed by atoms with van der Waals surface area (Å²) in [5, 5.41) is 20.9. The number of nitrogens with one attached hydrogen (secondary N) is 1. The first-order chi connectivity index (χ1) is 6.67. The van der Waals surface area contributed by atoms with E-state index in [0.717, 1.165) is 0 Å². The van der Waals surface area contributed by atoms with E-state index in [2.05, 4.69) is 10.3 Å². The monoisotopic (exact) mass is 215 g/mol. The number of aromatic nitrogens is 1. The average molecular weight is 215 g/mol. The number of rotatable bonds is 4. The molecule has 1 aromatic rings. The standard InChI is InChI=1S/C8H10FN3OS/c1-5-7(3-10)14-8(12-5)11-4-6(13)2-9/h6,13H,2,4H2,1H3,(H,11,12). The molecule has 0 bridgehead atoms. The Morgan fingerprint density at radius 2 is 2.50 bits per heavy atom. The number of hydrogen-bond acceptors (Lipinski definition) is 5. The largest absolute Gasteiger partial charge is 0.389 e. The van der Waals surface area contributed by atoms with Crippen molar-refractivity contribution in [3.8, 4) is 6.07 Å². The van der Waals surface area contributed by atoms with Gasteiger partial charge in [0, 0.05) is 6.54 Å². The minimum absolute atomic E-state index is 0.105. The molecule has 0 radical (unpaired) electrons. The molecule has 0 saturated heterocycles. The SMILES string of the molecule is Cc1nc(NCC(O)CF)sc1C#N. The second kappa shape index (κ2) is 4.88. The van der Waals surface area contributed by atoms with E-state index in [9.17, 15) is 4.39 Å². The lowest BCUT2D eigenvalue weighted by atomic mass is 10.4. The van der Waals surface area contributed by atoms with E-state index in [1.165, 1.54) is 11.3 Å². The highest BCUT2D eigenvalue weighted by Crippen LogP contribution is 2.21. The summed E-state index contributed by atoms with van der Waals surface area (Å²) in [4.78, 5) is 4.57. The lowest BCUT2D eigenvalue weighted by molar-refractivity contribution is 0.151. The molecule has 0 aromatic carbocycles. The molecular formula is C8H10FN3OS. The van der Waals surface area contributed by atoms with Crippen molar-refractivity contribution in [3.63, 3.8) is 0 Å². The van der Waals surface area contributed by atoms with Gasteiger partial charge < -0.3 is 10.4 Å². The third-order valence-corrected chi connectivity index (χ3v) is 2.58. The number of aliphatic hydroxyl groups excluding tert-OH is 1. The second-order valence-corrected chi connectivity index (χ2v) is 3.73. The van der Waals surface area contributed by atoms with Gasteiger partial charge in [-0.15, -0.1) is 0 Å². The van der Waals surface area contributed by atoms with Crippen LogP contribution in [0.25, 0.3) is 0 Å². The van der Waals surface area contributed by atoms with Crippen LogP contribution in [-0.2, 0) is 0 Å². The molecule has 1 aromatic heterocycles. The Morgan fingerprint density at radius 3 is 3.00 bits per heavy atom. The highest BCUT2D eigenvalue weighted by atomic mass is 32.1. The van der Waals surface area contributed by atoms with Crippen molar-refractivity contribution in [2.24, 2.45) is 0 Å². The van der Waals surface area contributed by atoms with Gasteiger partial charge >= 0.3 is 0 Å². The molecule has 2 N–H and O–H groups in total. The first-order valence-corrected chi connectivity index (χ1v) is 4.84. The van der Waals surface area contributed by atoms with Crippen molar-refractivity contribution >= 4 is 16.5 Å². The summed E-state index contributed by atoms with van der Waals surface area (Å²) < 4.78 is 11.9. The Hall–Kier alpha value is -1.19. The lowest BCUT2D eigenvalue weighted by Gasteiger charge is -2.05. The van der Waals surface area contributed by atoms with Crippen LogP contribution >= 0.6 is 11.3 Å². The molecule has 4 nitrogen and oxygen atoms in total. The number of nitriles is 1. The molecule has 0 saturated carbocycles. The van der Waals surface area contributed by atoms with Crippen LogP contribution in [0.3, 0.4) is 0 Å². The fraction of sp³-hybridized carbons (Fsp3) is 0.500. The molecule has 0 aliphatic carbocycles. The smallest absolute Gasteiger partial charge is 0.184 e. The minimum Gasteiger partial charge on any atom is -0.389 e. The highest BCUT2D eigenvalue weighted by molar-refractivity contribution is 7.16. The van der Waals surface area contributed by atoms with Crippen LogP contribution in [0.15, 0.2) is 0 Å². The number of nitrogens with zero attached hydrogens (tertiary/aromatic N) is 2. The van der Waals surface area contributed by atoms with Crippen LogP contribution < -0.4 is 5.32 Å². The zero-order valence-corrected chi connectivity index (χ0v) is 8.44.